The molecule has 1 heterocycles. The first-order chi connectivity index (χ1) is 8.97. The largest absolute Gasteiger partial charge is 0.435 e. The summed E-state index contributed by atoms with van der Waals surface area (Å²) in [5.74, 6) is 0.599. The molecule has 1 aliphatic carbocycles. The van der Waals surface area contributed by atoms with E-state index in [2.05, 4.69) is 10.2 Å². The van der Waals surface area contributed by atoms with E-state index in [4.69, 9.17) is 0 Å². The zero-order valence-electron chi connectivity index (χ0n) is 10.4. The zero-order valence-corrected chi connectivity index (χ0v) is 10.4. The molecule has 3 rings (SSSR count). The Labute approximate surface area is 108 Å². The quantitative estimate of drug-likeness (QED) is 0.863. The number of hydrogen-bond acceptors (Lipinski definition) is 1. The molecule has 1 saturated carbocycles. The molecule has 2 aromatic rings. The van der Waals surface area contributed by atoms with Gasteiger partial charge in [0.2, 0.25) is 0 Å². The van der Waals surface area contributed by atoms with E-state index in [1.807, 2.05) is 12.1 Å². The molecule has 0 spiro atoms. The second-order valence-corrected chi connectivity index (χ2v) is 4.97. The van der Waals surface area contributed by atoms with E-state index < -0.39 is 11.9 Å². The van der Waals surface area contributed by atoms with Crippen molar-refractivity contribution in [3.8, 4) is 11.1 Å². The Bertz CT molecular complexity index is 592. The minimum Gasteiger partial charge on any atom is -0.282 e. The van der Waals surface area contributed by atoms with Crippen LogP contribution in [0.4, 0.5) is 13.2 Å². The Morgan fingerprint density at radius 1 is 1.16 bits per heavy atom. The van der Waals surface area contributed by atoms with Crippen LogP contribution in [0.15, 0.2) is 24.3 Å². The Morgan fingerprint density at radius 3 is 2.32 bits per heavy atom. The fraction of sp³-hybridized carbons (Fsp3) is 0.357. The van der Waals surface area contributed by atoms with Crippen molar-refractivity contribution in [2.45, 2.75) is 31.9 Å². The van der Waals surface area contributed by atoms with Crippen molar-refractivity contribution in [2.75, 3.05) is 0 Å². The van der Waals surface area contributed by atoms with Crippen molar-refractivity contribution >= 4 is 0 Å². The summed E-state index contributed by atoms with van der Waals surface area (Å²) in [5.41, 5.74) is 1.51. The number of halogens is 3. The minimum absolute atomic E-state index is 0.148. The maximum atomic E-state index is 12.9. The van der Waals surface area contributed by atoms with Gasteiger partial charge in [0.05, 0.1) is 0 Å². The Balaban J connectivity index is 2.03. The van der Waals surface area contributed by atoms with Crippen LogP contribution in [-0.2, 0) is 6.18 Å². The number of aromatic amines is 1. The van der Waals surface area contributed by atoms with Crippen LogP contribution in [0.3, 0.4) is 0 Å². The van der Waals surface area contributed by atoms with E-state index in [9.17, 15) is 13.2 Å². The summed E-state index contributed by atoms with van der Waals surface area (Å²) in [5, 5.41) is 5.81. The normalized spacial score (nSPS) is 15.8. The Morgan fingerprint density at radius 2 is 1.79 bits per heavy atom. The summed E-state index contributed by atoms with van der Waals surface area (Å²) in [6.07, 6.45) is -2.08. The van der Waals surface area contributed by atoms with Crippen LogP contribution in [0.25, 0.3) is 11.1 Å². The maximum absolute atomic E-state index is 12.9. The average Bonchev–Trinajstić information content (AvgIpc) is 3.11. The highest BCUT2D eigenvalue weighted by Crippen LogP contribution is 2.42. The van der Waals surface area contributed by atoms with Gasteiger partial charge in [-0.2, -0.15) is 18.3 Å². The lowest BCUT2D eigenvalue weighted by molar-refractivity contribution is -0.140. The predicted octanol–water partition coefficient (Wildman–Crippen LogP) is 4.28. The molecule has 0 bridgehead atoms. The molecule has 1 aromatic carbocycles. The lowest BCUT2D eigenvalue weighted by Gasteiger charge is -2.08. The van der Waals surface area contributed by atoms with E-state index in [1.165, 1.54) is 18.4 Å². The van der Waals surface area contributed by atoms with Gasteiger partial charge in [-0.05, 0) is 36.8 Å². The molecule has 2 nitrogen and oxygen atoms in total. The molecule has 1 fully saturated rings. The third kappa shape index (κ3) is 2.25. The van der Waals surface area contributed by atoms with Crippen molar-refractivity contribution in [3.05, 3.63) is 41.2 Å². The van der Waals surface area contributed by atoms with Gasteiger partial charge in [-0.1, -0.05) is 24.3 Å². The van der Waals surface area contributed by atoms with Crippen molar-refractivity contribution in [2.24, 2.45) is 0 Å². The highest BCUT2D eigenvalue weighted by molar-refractivity contribution is 5.69. The molecule has 0 aliphatic heterocycles. The lowest BCUT2D eigenvalue weighted by Crippen LogP contribution is -2.07. The van der Waals surface area contributed by atoms with Gasteiger partial charge < -0.3 is 0 Å². The van der Waals surface area contributed by atoms with Crippen LogP contribution >= 0.6 is 0 Å². The molecule has 0 atom stereocenters. The van der Waals surface area contributed by atoms with E-state index in [1.54, 1.807) is 19.1 Å². The Hall–Kier alpha value is -1.78. The van der Waals surface area contributed by atoms with E-state index >= 15 is 0 Å². The fourth-order valence-corrected chi connectivity index (χ4v) is 2.33. The highest BCUT2D eigenvalue weighted by Gasteiger charge is 2.37. The number of benzene rings is 1. The van der Waals surface area contributed by atoms with Gasteiger partial charge >= 0.3 is 6.18 Å². The van der Waals surface area contributed by atoms with Crippen LogP contribution in [-0.4, -0.2) is 10.2 Å². The van der Waals surface area contributed by atoms with E-state index in [0.717, 1.165) is 0 Å². The molecule has 1 aromatic heterocycles. The SMILES string of the molecule is Cc1[nH]nc(C(F)(F)F)c1-c1ccc(C2CC2)cc1. The third-order valence-electron chi connectivity index (χ3n) is 3.46. The molecule has 5 heteroatoms. The first kappa shape index (κ1) is 12.3. The number of aromatic nitrogens is 2. The van der Waals surface area contributed by atoms with Crippen LogP contribution in [0, 0.1) is 6.92 Å². The van der Waals surface area contributed by atoms with Crippen LogP contribution in [0.1, 0.15) is 35.7 Å². The van der Waals surface area contributed by atoms with Gasteiger partial charge in [-0.15, -0.1) is 0 Å². The molecule has 1 N–H and O–H groups in total. The number of nitrogens with zero attached hydrogens (tertiary/aromatic N) is 1. The maximum Gasteiger partial charge on any atom is 0.435 e. The van der Waals surface area contributed by atoms with Gasteiger partial charge in [-0.3, -0.25) is 5.10 Å². The molecule has 0 radical (unpaired) electrons. The van der Waals surface area contributed by atoms with Crippen LogP contribution in [0.2, 0.25) is 0 Å². The molecule has 0 saturated heterocycles. The molecule has 0 unspecified atom stereocenters. The minimum atomic E-state index is -4.44. The van der Waals surface area contributed by atoms with E-state index in [0.29, 0.717) is 17.2 Å². The number of nitrogens with one attached hydrogen (secondary N) is 1. The number of alkyl halides is 3. The summed E-state index contributed by atoms with van der Waals surface area (Å²) in [7, 11) is 0. The van der Waals surface area contributed by atoms with Gasteiger partial charge in [-0.25, -0.2) is 0 Å². The lowest BCUT2D eigenvalue weighted by atomic mass is 10.0. The van der Waals surface area contributed by atoms with E-state index in [-0.39, 0.29) is 5.56 Å². The monoisotopic (exact) mass is 266 g/mol. The van der Waals surface area contributed by atoms with Gasteiger partial charge in [0.1, 0.15) is 0 Å². The van der Waals surface area contributed by atoms with Crippen molar-refractivity contribution in [3.63, 3.8) is 0 Å². The van der Waals surface area contributed by atoms with Crippen LogP contribution < -0.4 is 0 Å². The average molecular weight is 266 g/mol. The molecule has 100 valence electrons. The molecule has 0 amide bonds. The molecule has 1 aliphatic rings. The molecule has 19 heavy (non-hydrogen) atoms. The standard InChI is InChI=1S/C14H13F3N2/c1-8-12(13(19-18-8)14(15,16)17)11-6-4-10(5-7-11)9-2-3-9/h4-7,9H,2-3H2,1H3,(H,18,19). The van der Waals surface area contributed by atoms with Crippen molar-refractivity contribution in [1.29, 1.82) is 0 Å². The first-order valence-corrected chi connectivity index (χ1v) is 6.19. The summed E-state index contributed by atoms with van der Waals surface area (Å²) < 4.78 is 38.6. The second kappa shape index (κ2) is 4.11. The van der Waals surface area contributed by atoms with Crippen molar-refractivity contribution in [1.82, 2.24) is 10.2 Å². The first-order valence-electron chi connectivity index (χ1n) is 6.19. The topological polar surface area (TPSA) is 28.7 Å². The van der Waals surface area contributed by atoms with Crippen molar-refractivity contribution < 1.29 is 13.2 Å². The third-order valence-corrected chi connectivity index (χ3v) is 3.46. The second-order valence-electron chi connectivity index (χ2n) is 4.97. The zero-order chi connectivity index (χ0) is 13.6. The molecular formula is C14H13F3N2. The van der Waals surface area contributed by atoms with Gasteiger partial charge in [0.25, 0.3) is 0 Å². The van der Waals surface area contributed by atoms with Crippen LogP contribution in [0.5, 0.6) is 0 Å². The molecular weight excluding hydrogens is 253 g/mol. The number of aryl methyl sites for hydroxylation is 1. The van der Waals surface area contributed by atoms with Gasteiger partial charge in [0.15, 0.2) is 5.69 Å². The highest BCUT2D eigenvalue weighted by atomic mass is 19.4. The predicted molar refractivity (Wildman–Crippen MR) is 65.7 cm³/mol. The summed E-state index contributed by atoms with van der Waals surface area (Å²) >= 11 is 0. The Kier molecular flexibility index (Phi) is 2.66. The summed E-state index contributed by atoms with van der Waals surface area (Å²) in [6.45, 7) is 1.60. The van der Waals surface area contributed by atoms with Gasteiger partial charge in [0, 0.05) is 11.3 Å². The number of hydrogen-bond donors (Lipinski definition) is 1. The number of H-pyrrole nitrogens is 1. The smallest absolute Gasteiger partial charge is 0.282 e. The summed E-state index contributed by atoms with van der Waals surface area (Å²) in [6, 6.07) is 7.33. The summed E-state index contributed by atoms with van der Waals surface area (Å²) in [4.78, 5) is 0. The number of rotatable bonds is 2. The fourth-order valence-electron chi connectivity index (χ4n) is 2.33.